The lowest BCUT2D eigenvalue weighted by Gasteiger charge is -2.36. The first-order chi connectivity index (χ1) is 7.12. The van der Waals surface area contributed by atoms with Gasteiger partial charge in [0.1, 0.15) is 0 Å². The summed E-state index contributed by atoms with van der Waals surface area (Å²) in [5.74, 6) is -0.514. The molecule has 0 radical (unpaired) electrons. The van der Waals surface area contributed by atoms with Crippen LogP contribution in [0.2, 0.25) is 0 Å². The Morgan fingerprint density at radius 3 is 2.44 bits per heavy atom. The maximum atomic E-state index is 12.1. The lowest BCUT2D eigenvalue weighted by molar-refractivity contribution is -0.127. The van der Waals surface area contributed by atoms with Gasteiger partial charge in [0, 0.05) is 5.41 Å². The van der Waals surface area contributed by atoms with Crippen molar-refractivity contribution in [3.63, 3.8) is 0 Å². The van der Waals surface area contributed by atoms with Crippen molar-refractivity contribution in [1.29, 1.82) is 0 Å². The van der Waals surface area contributed by atoms with E-state index in [4.69, 9.17) is 0 Å². The van der Waals surface area contributed by atoms with Crippen LogP contribution in [0.4, 0.5) is 0 Å². The fraction of sp³-hybridized carbons (Fsp3) is 0.900. The van der Waals surface area contributed by atoms with Crippen molar-refractivity contribution in [1.82, 2.24) is 0 Å². The van der Waals surface area contributed by atoms with Gasteiger partial charge in [-0.2, -0.15) is 0 Å². The van der Waals surface area contributed by atoms with E-state index >= 15 is 0 Å². The van der Waals surface area contributed by atoms with E-state index in [9.17, 15) is 17.8 Å². The molecule has 0 aliphatic heterocycles. The molecule has 92 valence electrons. The normalized spacial score (nSPS) is 41.6. The second-order valence-electron chi connectivity index (χ2n) is 5.42. The quantitative estimate of drug-likeness (QED) is 0.569. The van der Waals surface area contributed by atoms with Crippen molar-refractivity contribution in [3.05, 3.63) is 0 Å². The summed E-state index contributed by atoms with van der Waals surface area (Å²) in [6, 6.07) is 0. The van der Waals surface area contributed by atoms with Gasteiger partial charge in [-0.25, -0.2) is 8.42 Å². The Hall–Kier alpha value is 0.0600. The van der Waals surface area contributed by atoms with E-state index in [2.05, 4.69) is 15.9 Å². The van der Waals surface area contributed by atoms with Gasteiger partial charge >= 0.3 is 0 Å². The van der Waals surface area contributed by atoms with E-state index in [1.54, 1.807) is 0 Å². The zero-order chi connectivity index (χ0) is 12.4. The Labute approximate surface area is 104 Å². The van der Waals surface area contributed by atoms with Crippen LogP contribution < -0.4 is 0 Å². The first-order valence-electron chi connectivity index (χ1n) is 5.24. The third-order valence-electron chi connectivity index (χ3n) is 4.54. The van der Waals surface area contributed by atoms with Gasteiger partial charge in [-0.05, 0) is 24.2 Å². The molecule has 0 aromatic rings. The molecule has 0 spiro atoms. The fourth-order valence-electron chi connectivity index (χ4n) is 3.47. The highest BCUT2D eigenvalue weighted by molar-refractivity contribution is 9.10. The summed E-state index contributed by atoms with van der Waals surface area (Å²) in [5, 5.41) is 0. The molecule has 2 rings (SSSR count). The molecule has 3 atom stereocenters. The largest absolute Gasteiger partial charge is 0.748 e. The summed E-state index contributed by atoms with van der Waals surface area (Å²) in [6.45, 7) is 3.80. The van der Waals surface area contributed by atoms with Crippen molar-refractivity contribution >= 4 is 31.8 Å². The Bertz CT molecular complexity index is 442. The van der Waals surface area contributed by atoms with Crippen LogP contribution in [0.15, 0.2) is 0 Å². The van der Waals surface area contributed by atoms with Crippen molar-refractivity contribution in [2.75, 3.05) is 5.75 Å². The standard InChI is InChI=1S/C10H15BrO4S/c1-9(2)6-3-4-10(9,5-16(13,14)15)8(12)7(6)11/h6-7H,3-5H2,1-2H3,(H,13,14,15)/p-1/t6-,7+,10-/m0/s1. The van der Waals surface area contributed by atoms with E-state index in [-0.39, 0.29) is 16.5 Å². The minimum absolute atomic E-state index is 0.104. The number of hydrogen-bond acceptors (Lipinski definition) is 4. The van der Waals surface area contributed by atoms with Crippen molar-refractivity contribution < 1.29 is 17.8 Å². The van der Waals surface area contributed by atoms with Gasteiger partial charge in [0.25, 0.3) is 0 Å². The summed E-state index contributed by atoms with van der Waals surface area (Å²) in [7, 11) is -4.37. The van der Waals surface area contributed by atoms with Crippen LogP contribution in [0.3, 0.4) is 0 Å². The molecule has 2 bridgehead atoms. The molecule has 4 nitrogen and oxygen atoms in total. The molecule has 0 amide bonds. The van der Waals surface area contributed by atoms with E-state index in [1.807, 2.05) is 13.8 Å². The highest BCUT2D eigenvalue weighted by atomic mass is 79.9. The number of fused-ring (bicyclic) bond motifs is 2. The number of carbonyl (C=O) groups is 1. The van der Waals surface area contributed by atoms with Crippen molar-refractivity contribution in [2.24, 2.45) is 16.7 Å². The van der Waals surface area contributed by atoms with Crippen LogP contribution in [0.1, 0.15) is 26.7 Å². The van der Waals surface area contributed by atoms with Crippen LogP contribution in [0.5, 0.6) is 0 Å². The first-order valence-corrected chi connectivity index (χ1v) is 7.73. The van der Waals surface area contributed by atoms with E-state index < -0.39 is 26.7 Å². The molecule has 2 aliphatic carbocycles. The average molecular weight is 310 g/mol. The summed E-state index contributed by atoms with van der Waals surface area (Å²) in [4.78, 5) is 11.8. The molecule has 0 saturated heterocycles. The fourth-order valence-corrected chi connectivity index (χ4v) is 6.10. The maximum absolute atomic E-state index is 12.1. The van der Waals surface area contributed by atoms with E-state index in [0.29, 0.717) is 6.42 Å². The zero-order valence-corrected chi connectivity index (χ0v) is 11.6. The number of ketones is 1. The lowest BCUT2D eigenvalue weighted by atomic mass is 9.70. The minimum Gasteiger partial charge on any atom is -0.748 e. The number of Topliss-reactive ketones (excluding diaryl/α,β-unsaturated/α-hetero) is 1. The molecule has 0 aromatic carbocycles. The highest BCUT2D eigenvalue weighted by Gasteiger charge is 2.68. The molecule has 6 heteroatoms. The summed E-state index contributed by atoms with van der Waals surface area (Å²) >= 11 is 3.33. The third kappa shape index (κ3) is 1.42. The summed E-state index contributed by atoms with van der Waals surface area (Å²) < 4.78 is 33.0. The van der Waals surface area contributed by atoms with Gasteiger partial charge in [-0.1, -0.05) is 29.8 Å². The van der Waals surface area contributed by atoms with Gasteiger partial charge in [0.2, 0.25) is 0 Å². The summed E-state index contributed by atoms with van der Waals surface area (Å²) in [5.41, 5.74) is -1.37. The molecule has 2 saturated carbocycles. The molecule has 0 aromatic heterocycles. The van der Waals surface area contributed by atoms with Crippen LogP contribution in [-0.2, 0) is 14.9 Å². The molecule has 0 heterocycles. The van der Waals surface area contributed by atoms with Crippen LogP contribution in [0, 0.1) is 16.7 Å². The maximum Gasteiger partial charge on any atom is 0.154 e. The van der Waals surface area contributed by atoms with E-state index in [0.717, 1.165) is 6.42 Å². The monoisotopic (exact) mass is 309 g/mol. The first kappa shape index (κ1) is 12.5. The predicted molar refractivity (Wildman–Crippen MR) is 61.2 cm³/mol. The smallest absolute Gasteiger partial charge is 0.154 e. The second-order valence-corrected chi connectivity index (χ2v) is 7.81. The predicted octanol–water partition coefficient (Wildman–Crippen LogP) is 1.30. The number of alkyl halides is 1. The highest BCUT2D eigenvalue weighted by Crippen LogP contribution is 2.65. The SMILES string of the molecule is CC1(C)[C@H]2CC[C@]1(CS(=O)(=O)[O-])C(=O)[C@@H]2Br. The molecular formula is C10H14BrO4S-. The van der Waals surface area contributed by atoms with Gasteiger partial charge in [0.15, 0.2) is 5.78 Å². The molecule has 16 heavy (non-hydrogen) atoms. The van der Waals surface area contributed by atoms with Crippen LogP contribution in [-0.4, -0.2) is 29.3 Å². The molecule has 2 fully saturated rings. The van der Waals surface area contributed by atoms with E-state index in [1.165, 1.54) is 0 Å². The van der Waals surface area contributed by atoms with Crippen molar-refractivity contribution in [2.45, 2.75) is 31.5 Å². The third-order valence-corrected chi connectivity index (χ3v) is 6.44. The molecular weight excluding hydrogens is 296 g/mol. The number of halogens is 1. The van der Waals surface area contributed by atoms with Crippen LogP contribution in [0.25, 0.3) is 0 Å². The average Bonchev–Trinajstić information content (AvgIpc) is 2.39. The topological polar surface area (TPSA) is 74.3 Å². The number of carbonyl (C=O) groups excluding carboxylic acids is 1. The molecule has 0 unspecified atom stereocenters. The number of hydrogen-bond donors (Lipinski definition) is 0. The zero-order valence-electron chi connectivity index (χ0n) is 9.20. The Balaban J connectivity index is 2.50. The lowest BCUT2D eigenvalue weighted by Crippen LogP contribution is -2.43. The second kappa shape index (κ2) is 3.29. The molecule has 0 N–H and O–H groups in total. The number of rotatable bonds is 2. The Kier molecular flexibility index (Phi) is 2.58. The van der Waals surface area contributed by atoms with Crippen molar-refractivity contribution in [3.8, 4) is 0 Å². The Morgan fingerprint density at radius 2 is 2.06 bits per heavy atom. The van der Waals surface area contributed by atoms with Gasteiger partial charge in [0.05, 0.1) is 20.7 Å². The minimum atomic E-state index is -4.37. The summed E-state index contributed by atoms with van der Waals surface area (Å²) in [6.07, 6.45) is 1.33. The van der Waals surface area contributed by atoms with Gasteiger partial charge in [-0.15, -0.1) is 0 Å². The van der Waals surface area contributed by atoms with Gasteiger partial charge in [-0.3, -0.25) is 4.79 Å². The molecule has 2 aliphatic rings. The van der Waals surface area contributed by atoms with Gasteiger partial charge < -0.3 is 4.55 Å². The Morgan fingerprint density at radius 1 is 1.50 bits per heavy atom. The van der Waals surface area contributed by atoms with Crippen LogP contribution >= 0.6 is 15.9 Å².